The van der Waals surface area contributed by atoms with Crippen molar-refractivity contribution in [1.29, 1.82) is 0 Å². The van der Waals surface area contributed by atoms with E-state index in [0.29, 0.717) is 0 Å². The lowest BCUT2D eigenvalue weighted by atomic mass is 9.99. The van der Waals surface area contributed by atoms with Crippen LogP contribution in [0.1, 0.15) is 25.0 Å². The first kappa shape index (κ1) is 12.2. The molecule has 3 heteroatoms. The molecule has 0 atom stereocenters. The zero-order valence-electron chi connectivity index (χ0n) is 9.92. The molecule has 0 N–H and O–H groups in total. The molecular weight excluding hydrogens is 208 g/mol. The summed E-state index contributed by atoms with van der Waals surface area (Å²) in [7, 11) is 3.34. The van der Waals surface area contributed by atoms with Crippen molar-refractivity contribution in [2.45, 2.75) is 25.5 Å². The number of rotatable bonds is 3. The van der Waals surface area contributed by atoms with E-state index < -0.39 is 0 Å². The molecule has 84 valence electrons. The summed E-state index contributed by atoms with van der Waals surface area (Å²) in [6, 6.07) is 3.97. The van der Waals surface area contributed by atoms with Crippen molar-refractivity contribution < 1.29 is 9.47 Å². The molecule has 0 aliphatic carbocycles. The van der Waals surface area contributed by atoms with Crippen LogP contribution in [0.25, 0.3) is 0 Å². The molecule has 2 nitrogen and oxygen atoms in total. The molecule has 1 aromatic rings. The topological polar surface area (TPSA) is 18.5 Å². The molecule has 0 aromatic heterocycles. The maximum absolute atomic E-state index is 5.35. The molecule has 15 heavy (non-hydrogen) atoms. The SMILES string of the molecule is COc1cc(C(C)(C)S)c(OC)cc1C. The third kappa shape index (κ3) is 2.59. The lowest BCUT2D eigenvalue weighted by molar-refractivity contribution is 0.393. The third-order valence-corrected chi connectivity index (χ3v) is 2.62. The van der Waals surface area contributed by atoms with Crippen molar-refractivity contribution in [1.82, 2.24) is 0 Å². The van der Waals surface area contributed by atoms with Gasteiger partial charge in [-0.25, -0.2) is 0 Å². The van der Waals surface area contributed by atoms with E-state index >= 15 is 0 Å². The highest BCUT2D eigenvalue weighted by atomic mass is 32.1. The lowest BCUT2D eigenvalue weighted by Crippen LogP contribution is -2.10. The second-order valence-electron chi connectivity index (χ2n) is 4.08. The lowest BCUT2D eigenvalue weighted by Gasteiger charge is -2.22. The summed E-state index contributed by atoms with van der Waals surface area (Å²) in [4.78, 5) is 0. The first-order chi connectivity index (χ1) is 6.90. The van der Waals surface area contributed by atoms with Crippen molar-refractivity contribution in [2.75, 3.05) is 14.2 Å². The minimum atomic E-state index is -0.244. The number of aryl methyl sites for hydroxylation is 1. The Morgan fingerprint density at radius 1 is 1.07 bits per heavy atom. The minimum absolute atomic E-state index is 0.244. The molecule has 0 amide bonds. The third-order valence-electron chi connectivity index (χ3n) is 2.38. The quantitative estimate of drug-likeness (QED) is 0.798. The number of benzene rings is 1. The zero-order valence-corrected chi connectivity index (χ0v) is 10.8. The van der Waals surface area contributed by atoms with Crippen LogP contribution in [0.2, 0.25) is 0 Å². The van der Waals surface area contributed by atoms with Gasteiger partial charge in [0.15, 0.2) is 0 Å². The van der Waals surface area contributed by atoms with E-state index in [0.717, 1.165) is 22.6 Å². The summed E-state index contributed by atoms with van der Waals surface area (Å²) in [6.07, 6.45) is 0. The van der Waals surface area contributed by atoms with E-state index in [-0.39, 0.29) is 4.75 Å². The van der Waals surface area contributed by atoms with Gasteiger partial charge in [0.2, 0.25) is 0 Å². The summed E-state index contributed by atoms with van der Waals surface area (Å²) < 4.78 is 10.4. The van der Waals surface area contributed by atoms with Gasteiger partial charge >= 0.3 is 0 Å². The average Bonchev–Trinajstić information content (AvgIpc) is 2.15. The molecule has 0 radical (unpaired) electrons. The van der Waals surface area contributed by atoms with Crippen LogP contribution in [0.3, 0.4) is 0 Å². The highest BCUT2D eigenvalue weighted by Crippen LogP contribution is 2.38. The molecule has 0 aliphatic rings. The van der Waals surface area contributed by atoms with Crippen LogP contribution >= 0.6 is 12.6 Å². The van der Waals surface area contributed by atoms with Crippen LogP contribution in [0.5, 0.6) is 11.5 Å². The summed E-state index contributed by atoms with van der Waals surface area (Å²) in [5, 5.41) is 0. The molecule has 0 unspecified atom stereocenters. The predicted octanol–water partition coefficient (Wildman–Crippen LogP) is 3.18. The van der Waals surface area contributed by atoms with Crippen LogP contribution in [-0.4, -0.2) is 14.2 Å². The van der Waals surface area contributed by atoms with Crippen LogP contribution in [-0.2, 0) is 4.75 Å². The smallest absolute Gasteiger partial charge is 0.123 e. The van der Waals surface area contributed by atoms with E-state index in [4.69, 9.17) is 9.47 Å². The second-order valence-corrected chi connectivity index (χ2v) is 5.20. The van der Waals surface area contributed by atoms with Gasteiger partial charge in [-0.2, -0.15) is 12.6 Å². The Kier molecular flexibility index (Phi) is 3.55. The Balaban J connectivity index is 3.36. The monoisotopic (exact) mass is 226 g/mol. The van der Waals surface area contributed by atoms with Gasteiger partial charge in [0.1, 0.15) is 11.5 Å². The van der Waals surface area contributed by atoms with E-state index in [1.807, 2.05) is 32.9 Å². The van der Waals surface area contributed by atoms with Crippen molar-refractivity contribution in [3.8, 4) is 11.5 Å². The summed E-state index contributed by atoms with van der Waals surface area (Å²) in [6.45, 7) is 6.06. The van der Waals surface area contributed by atoms with Crippen molar-refractivity contribution in [2.24, 2.45) is 0 Å². The van der Waals surface area contributed by atoms with Crippen molar-refractivity contribution in [3.05, 3.63) is 23.3 Å². The summed E-state index contributed by atoms with van der Waals surface area (Å²) >= 11 is 4.55. The highest BCUT2D eigenvalue weighted by Gasteiger charge is 2.21. The predicted molar refractivity (Wildman–Crippen MR) is 66.3 cm³/mol. The Bertz CT molecular complexity index is 353. The largest absolute Gasteiger partial charge is 0.496 e. The molecule has 0 spiro atoms. The fraction of sp³-hybridized carbons (Fsp3) is 0.500. The maximum Gasteiger partial charge on any atom is 0.123 e. The standard InChI is InChI=1S/C12H18O2S/c1-8-6-11(14-5)9(12(2,3)15)7-10(8)13-4/h6-7,15H,1-5H3. The van der Waals surface area contributed by atoms with Crippen LogP contribution in [0.15, 0.2) is 12.1 Å². The summed E-state index contributed by atoms with van der Waals surface area (Å²) in [5.41, 5.74) is 2.10. The fourth-order valence-corrected chi connectivity index (χ4v) is 1.70. The molecule has 0 saturated carbocycles. The van der Waals surface area contributed by atoms with Gasteiger partial charge in [-0.05, 0) is 38.5 Å². The maximum atomic E-state index is 5.35. The Morgan fingerprint density at radius 3 is 2.00 bits per heavy atom. The Labute approximate surface area is 97.0 Å². The van der Waals surface area contributed by atoms with E-state index in [2.05, 4.69) is 12.6 Å². The van der Waals surface area contributed by atoms with Gasteiger partial charge in [0.25, 0.3) is 0 Å². The number of ether oxygens (including phenoxy) is 2. The van der Waals surface area contributed by atoms with Gasteiger partial charge in [0, 0.05) is 10.3 Å². The normalized spacial score (nSPS) is 11.3. The fourth-order valence-electron chi connectivity index (χ4n) is 1.53. The number of thiol groups is 1. The molecule has 1 aromatic carbocycles. The van der Waals surface area contributed by atoms with Gasteiger partial charge < -0.3 is 9.47 Å². The Morgan fingerprint density at radius 2 is 1.60 bits per heavy atom. The first-order valence-corrected chi connectivity index (χ1v) is 5.30. The molecule has 0 aliphatic heterocycles. The van der Waals surface area contributed by atoms with Crippen molar-refractivity contribution in [3.63, 3.8) is 0 Å². The number of methoxy groups -OCH3 is 2. The molecule has 0 bridgehead atoms. The highest BCUT2D eigenvalue weighted by molar-refractivity contribution is 7.81. The van der Waals surface area contributed by atoms with Gasteiger partial charge in [-0.3, -0.25) is 0 Å². The van der Waals surface area contributed by atoms with Crippen LogP contribution in [0.4, 0.5) is 0 Å². The molecule has 0 saturated heterocycles. The average molecular weight is 226 g/mol. The number of hydrogen-bond donors (Lipinski definition) is 1. The second kappa shape index (κ2) is 4.35. The van der Waals surface area contributed by atoms with Crippen LogP contribution in [0, 0.1) is 6.92 Å². The zero-order chi connectivity index (χ0) is 11.6. The van der Waals surface area contributed by atoms with Gasteiger partial charge in [-0.15, -0.1) is 0 Å². The van der Waals surface area contributed by atoms with Gasteiger partial charge in [0.05, 0.1) is 14.2 Å². The molecular formula is C12H18O2S. The van der Waals surface area contributed by atoms with E-state index in [1.54, 1.807) is 14.2 Å². The van der Waals surface area contributed by atoms with E-state index in [1.165, 1.54) is 0 Å². The number of hydrogen-bond acceptors (Lipinski definition) is 3. The first-order valence-electron chi connectivity index (χ1n) is 4.85. The van der Waals surface area contributed by atoms with Crippen molar-refractivity contribution >= 4 is 12.6 Å². The Hall–Kier alpha value is -0.830. The molecule has 1 rings (SSSR count). The van der Waals surface area contributed by atoms with Gasteiger partial charge in [-0.1, -0.05) is 0 Å². The van der Waals surface area contributed by atoms with E-state index in [9.17, 15) is 0 Å². The molecule has 0 fully saturated rings. The molecule has 0 heterocycles. The summed E-state index contributed by atoms with van der Waals surface area (Å²) in [5.74, 6) is 1.72. The van der Waals surface area contributed by atoms with Crippen LogP contribution < -0.4 is 9.47 Å². The minimum Gasteiger partial charge on any atom is -0.496 e.